The van der Waals surface area contributed by atoms with Gasteiger partial charge in [0.15, 0.2) is 5.96 Å². The second-order valence-corrected chi connectivity index (χ2v) is 6.57. The minimum absolute atomic E-state index is 0. The van der Waals surface area contributed by atoms with Crippen molar-refractivity contribution in [1.29, 1.82) is 0 Å². The number of carbonyl (C=O) groups excluding carboxylic acids is 1. The van der Waals surface area contributed by atoms with E-state index in [0.29, 0.717) is 31.5 Å². The Balaban J connectivity index is 0.00000288. The number of halogens is 1. The Morgan fingerprint density at radius 2 is 1.79 bits per heavy atom. The van der Waals surface area contributed by atoms with E-state index in [1.54, 1.807) is 7.05 Å². The van der Waals surface area contributed by atoms with Crippen LogP contribution in [-0.2, 0) is 9.53 Å². The van der Waals surface area contributed by atoms with Gasteiger partial charge >= 0.3 is 0 Å². The first kappa shape index (κ1) is 21.5. The van der Waals surface area contributed by atoms with E-state index in [2.05, 4.69) is 20.9 Å². The Morgan fingerprint density at radius 1 is 1.04 bits per heavy atom. The zero-order chi connectivity index (χ0) is 16.3. The van der Waals surface area contributed by atoms with Crippen LogP contribution in [0.1, 0.15) is 51.4 Å². The normalized spacial score (nSPS) is 21.9. The third-order valence-electron chi connectivity index (χ3n) is 4.68. The summed E-state index contributed by atoms with van der Waals surface area (Å²) in [5, 5.41) is 9.49. The van der Waals surface area contributed by atoms with Crippen molar-refractivity contribution in [2.24, 2.45) is 10.9 Å². The number of nitrogens with zero attached hydrogens (tertiary/aromatic N) is 1. The Morgan fingerprint density at radius 3 is 2.46 bits per heavy atom. The van der Waals surface area contributed by atoms with Gasteiger partial charge in [0.2, 0.25) is 5.91 Å². The fraction of sp³-hybridized carbons (Fsp3) is 0.882. The monoisotopic (exact) mass is 452 g/mol. The third kappa shape index (κ3) is 8.50. The highest BCUT2D eigenvalue weighted by molar-refractivity contribution is 14.0. The molecular formula is C17H33IN4O2. The molecule has 0 radical (unpaired) electrons. The molecular weight excluding hydrogens is 419 g/mol. The molecule has 2 rings (SSSR count). The summed E-state index contributed by atoms with van der Waals surface area (Å²) >= 11 is 0. The maximum absolute atomic E-state index is 11.9. The minimum atomic E-state index is 0. The van der Waals surface area contributed by atoms with Crippen LogP contribution < -0.4 is 16.0 Å². The number of hydrogen-bond acceptors (Lipinski definition) is 3. The molecule has 2 fully saturated rings. The van der Waals surface area contributed by atoms with Gasteiger partial charge in [-0.15, -0.1) is 24.0 Å². The number of ether oxygens (including phenoxy) is 1. The molecule has 0 aromatic heterocycles. The third-order valence-corrected chi connectivity index (χ3v) is 4.68. The first-order valence-corrected chi connectivity index (χ1v) is 9.10. The minimum Gasteiger partial charge on any atom is -0.376 e. The van der Waals surface area contributed by atoms with Gasteiger partial charge in [-0.3, -0.25) is 9.79 Å². The second-order valence-electron chi connectivity index (χ2n) is 6.57. The molecule has 1 amide bonds. The summed E-state index contributed by atoms with van der Waals surface area (Å²) < 4.78 is 5.57. The summed E-state index contributed by atoms with van der Waals surface area (Å²) in [6.45, 7) is 2.97. The predicted molar refractivity (Wildman–Crippen MR) is 108 cm³/mol. The van der Waals surface area contributed by atoms with Gasteiger partial charge in [0.05, 0.1) is 6.10 Å². The molecule has 0 aromatic rings. The summed E-state index contributed by atoms with van der Waals surface area (Å²) in [6, 6.07) is 0. The van der Waals surface area contributed by atoms with E-state index >= 15 is 0 Å². The molecule has 24 heavy (non-hydrogen) atoms. The van der Waals surface area contributed by atoms with E-state index in [1.807, 2.05) is 0 Å². The molecule has 1 unspecified atom stereocenters. The molecule has 1 saturated heterocycles. The highest BCUT2D eigenvalue weighted by Gasteiger charge is 2.17. The lowest BCUT2D eigenvalue weighted by atomic mass is 9.87. The maximum atomic E-state index is 11.9. The van der Waals surface area contributed by atoms with E-state index in [4.69, 9.17) is 4.74 Å². The maximum Gasteiger partial charge on any atom is 0.220 e. The van der Waals surface area contributed by atoms with Crippen LogP contribution in [0.3, 0.4) is 0 Å². The Kier molecular flexibility index (Phi) is 11.4. The average Bonchev–Trinajstić information content (AvgIpc) is 3.08. The van der Waals surface area contributed by atoms with Crippen LogP contribution in [0.15, 0.2) is 4.99 Å². The number of guanidine groups is 1. The number of rotatable bonds is 7. The highest BCUT2D eigenvalue weighted by atomic mass is 127. The van der Waals surface area contributed by atoms with Gasteiger partial charge in [0.25, 0.3) is 0 Å². The number of hydrogen-bond donors (Lipinski definition) is 3. The van der Waals surface area contributed by atoms with Crippen molar-refractivity contribution in [2.45, 2.75) is 57.5 Å². The molecule has 1 saturated carbocycles. The first-order valence-electron chi connectivity index (χ1n) is 9.10. The molecule has 1 aliphatic carbocycles. The topological polar surface area (TPSA) is 74.8 Å². The molecule has 140 valence electrons. The van der Waals surface area contributed by atoms with Crippen molar-refractivity contribution in [2.75, 3.05) is 33.3 Å². The summed E-state index contributed by atoms with van der Waals surface area (Å²) in [5.41, 5.74) is 0. The fourth-order valence-corrected chi connectivity index (χ4v) is 3.34. The van der Waals surface area contributed by atoms with Gasteiger partial charge in [-0.2, -0.15) is 0 Å². The van der Waals surface area contributed by atoms with Crippen LogP contribution in [0.25, 0.3) is 0 Å². The Hall–Kier alpha value is -0.570. The molecule has 0 bridgehead atoms. The second kappa shape index (κ2) is 12.7. The zero-order valence-corrected chi connectivity index (χ0v) is 17.1. The lowest BCUT2D eigenvalue weighted by Crippen LogP contribution is -2.44. The van der Waals surface area contributed by atoms with Crippen molar-refractivity contribution in [1.82, 2.24) is 16.0 Å². The molecule has 1 atom stereocenters. The average molecular weight is 452 g/mol. The molecule has 2 aliphatic rings. The number of aliphatic imine (C=N–C) groups is 1. The Bertz CT molecular complexity index is 381. The smallest absolute Gasteiger partial charge is 0.220 e. The van der Waals surface area contributed by atoms with Crippen LogP contribution >= 0.6 is 24.0 Å². The first-order chi connectivity index (χ1) is 11.3. The highest BCUT2D eigenvalue weighted by Crippen LogP contribution is 2.25. The summed E-state index contributed by atoms with van der Waals surface area (Å²) in [5.74, 6) is 1.54. The van der Waals surface area contributed by atoms with Crippen LogP contribution in [0.2, 0.25) is 0 Å². The summed E-state index contributed by atoms with van der Waals surface area (Å²) in [4.78, 5) is 16.1. The van der Waals surface area contributed by atoms with Crippen molar-refractivity contribution >= 4 is 35.8 Å². The molecule has 3 N–H and O–H groups in total. The number of carbonyl (C=O) groups is 1. The van der Waals surface area contributed by atoms with Gasteiger partial charge in [0, 0.05) is 39.7 Å². The van der Waals surface area contributed by atoms with Crippen molar-refractivity contribution in [3.63, 3.8) is 0 Å². The van der Waals surface area contributed by atoms with Crippen LogP contribution in [0.5, 0.6) is 0 Å². The van der Waals surface area contributed by atoms with Crippen LogP contribution in [0.4, 0.5) is 0 Å². The lowest BCUT2D eigenvalue weighted by Gasteiger charge is -2.21. The van der Waals surface area contributed by atoms with E-state index in [1.165, 1.54) is 32.1 Å². The van der Waals surface area contributed by atoms with E-state index in [9.17, 15) is 4.79 Å². The standard InChI is InChI=1S/C17H32N4O2.HI/c1-18-17(21-13-15-8-5-11-23-15)20-10-9-19-16(22)12-14-6-3-2-4-7-14;/h14-15H,2-13H2,1H3,(H,19,22)(H2,18,20,21);1H. The van der Waals surface area contributed by atoms with Crippen LogP contribution in [0, 0.1) is 5.92 Å². The predicted octanol–water partition coefficient (Wildman–Crippen LogP) is 2.03. The molecule has 6 nitrogen and oxygen atoms in total. The van der Waals surface area contributed by atoms with Crippen molar-refractivity contribution in [3.8, 4) is 0 Å². The molecule has 7 heteroatoms. The quantitative estimate of drug-likeness (QED) is 0.239. The van der Waals surface area contributed by atoms with Gasteiger partial charge in [-0.25, -0.2) is 0 Å². The van der Waals surface area contributed by atoms with E-state index < -0.39 is 0 Å². The van der Waals surface area contributed by atoms with Gasteiger partial charge in [-0.05, 0) is 31.6 Å². The van der Waals surface area contributed by atoms with Crippen LogP contribution in [-0.4, -0.2) is 51.3 Å². The van der Waals surface area contributed by atoms with E-state index in [0.717, 1.165) is 32.0 Å². The van der Waals surface area contributed by atoms with Crippen molar-refractivity contribution < 1.29 is 9.53 Å². The summed E-state index contributed by atoms with van der Waals surface area (Å²) in [6.07, 6.45) is 9.57. The fourth-order valence-electron chi connectivity index (χ4n) is 3.34. The SMILES string of the molecule is CN=C(NCCNC(=O)CC1CCCCC1)NCC1CCCO1.I. The lowest BCUT2D eigenvalue weighted by molar-refractivity contribution is -0.122. The van der Waals surface area contributed by atoms with Crippen molar-refractivity contribution in [3.05, 3.63) is 0 Å². The zero-order valence-electron chi connectivity index (χ0n) is 14.8. The van der Waals surface area contributed by atoms with E-state index in [-0.39, 0.29) is 29.9 Å². The summed E-state index contributed by atoms with van der Waals surface area (Å²) in [7, 11) is 1.76. The molecule has 0 aromatic carbocycles. The molecule has 0 spiro atoms. The largest absolute Gasteiger partial charge is 0.376 e. The van der Waals surface area contributed by atoms with Gasteiger partial charge < -0.3 is 20.7 Å². The molecule has 1 aliphatic heterocycles. The number of amides is 1. The van der Waals surface area contributed by atoms with Gasteiger partial charge in [0.1, 0.15) is 0 Å². The molecule has 1 heterocycles. The van der Waals surface area contributed by atoms with Gasteiger partial charge in [-0.1, -0.05) is 19.3 Å². The Labute approximate surface area is 163 Å². The number of nitrogens with one attached hydrogen (secondary N) is 3.